The lowest BCUT2D eigenvalue weighted by molar-refractivity contribution is -0.145. The Morgan fingerprint density at radius 3 is 2.53 bits per heavy atom. The highest BCUT2D eigenvalue weighted by Gasteiger charge is 2.56. The van der Waals surface area contributed by atoms with Gasteiger partial charge in [-0.05, 0) is 25.1 Å². The average molecular weight is 497 g/mol. The number of amides is 2. The molecule has 1 saturated heterocycles. The SMILES string of the molecule is CCOC(=O)COc1ccccc1[C@@H]1c2sc(=O)[nH]c2S[C@H]2C(=O)N(c3ccccc3)C(=O)[C@@H]12. The fourth-order valence-electron chi connectivity index (χ4n) is 4.39. The molecule has 0 saturated carbocycles. The number of thioether (sulfide) groups is 1. The second-order valence-corrected chi connectivity index (χ2v) is 9.90. The molecule has 3 heterocycles. The molecular formula is C24H20N2O6S2. The van der Waals surface area contributed by atoms with Crippen LogP contribution in [-0.2, 0) is 19.1 Å². The first kappa shape index (κ1) is 22.4. The topological polar surface area (TPSA) is 106 Å². The molecule has 0 bridgehead atoms. The predicted molar refractivity (Wildman–Crippen MR) is 127 cm³/mol. The molecule has 0 spiro atoms. The fraction of sp³-hybridized carbons (Fsp3) is 0.250. The third kappa shape index (κ3) is 3.82. The first-order valence-electron chi connectivity index (χ1n) is 10.7. The molecule has 0 radical (unpaired) electrons. The van der Waals surface area contributed by atoms with Crippen molar-refractivity contribution >= 4 is 46.6 Å². The van der Waals surface area contributed by atoms with Crippen LogP contribution in [-0.4, -0.2) is 41.2 Å². The lowest BCUT2D eigenvalue weighted by atomic mass is 9.82. The number of H-pyrrole nitrogens is 1. The molecule has 1 fully saturated rings. The molecular weight excluding hydrogens is 476 g/mol. The summed E-state index contributed by atoms with van der Waals surface area (Å²) in [5, 5.41) is -0.119. The number of anilines is 1. The Hall–Kier alpha value is -3.37. The van der Waals surface area contributed by atoms with Gasteiger partial charge in [0.2, 0.25) is 11.8 Å². The number of fused-ring (bicyclic) bond motifs is 2. The van der Waals surface area contributed by atoms with Crippen LogP contribution < -0.4 is 14.5 Å². The molecule has 3 aromatic rings. The summed E-state index contributed by atoms with van der Waals surface area (Å²) in [5.41, 5.74) is 1.14. The largest absolute Gasteiger partial charge is 0.482 e. The van der Waals surface area contributed by atoms with Crippen LogP contribution in [0.2, 0.25) is 0 Å². The number of aromatic amines is 1. The molecule has 2 aliphatic rings. The molecule has 1 aromatic heterocycles. The van der Waals surface area contributed by atoms with Crippen molar-refractivity contribution < 1.29 is 23.9 Å². The quantitative estimate of drug-likeness (QED) is 0.413. The van der Waals surface area contributed by atoms with Crippen LogP contribution in [0.15, 0.2) is 64.4 Å². The first-order chi connectivity index (χ1) is 16.5. The molecule has 2 aromatic carbocycles. The van der Waals surface area contributed by atoms with E-state index in [1.165, 1.54) is 16.7 Å². The summed E-state index contributed by atoms with van der Waals surface area (Å²) < 4.78 is 10.7. The first-order valence-corrected chi connectivity index (χ1v) is 12.4. The van der Waals surface area contributed by atoms with Gasteiger partial charge in [0.25, 0.3) is 0 Å². The lowest BCUT2D eigenvalue weighted by Crippen LogP contribution is -2.32. The number of ether oxygens (including phenoxy) is 2. The molecule has 3 atom stereocenters. The summed E-state index contributed by atoms with van der Waals surface area (Å²) >= 11 is 2.24. The summed E-state index contributed by atoms with van der Waals surface area (Å²) in [5.74, 6) is -2.08. The van der Waals surface area contributed by atoms with Crippen molar-refractivity contribution in [2.45, 2.75) is 23.1 Å². The molecule has 10 heteroatoms. The van der Waals surface area contributed by atoms with Crippen LogP contribution in [0.1, 0.15) is 23.3 Å². The van der Waals surface area contributed by atoms with E-state index in [4.69, 9.17) is 9.47 Å². The van der Waals surface area contributed by atoms with E-state index in [1.807, 2.05) is 6.07 Å². The number of benzene rings is 2. The molecule has 1 N–H and O–H groups in total. The Labute approximate surface area is 202 Å². The number of carbonyl (C=O) groups excluding carboxylic acids is 3. The minimum absolute atomic E-state index is 0.236. The molecule has 0 aliphatic carbocycles. The predicted octanol–water partition coefficient (Wildman–Crippen LogP) is 3.17. The standard InChI is InChI=1S/C24H20N2O6S2/c1-2-31-16(27)12-32-15-11-7-6-10-14(15)17-18-20(33-21-19(17)34-24(30)25-21)23(29)26(22(18)28)13-8-4-3-5-9-13/h3-11,17-18,20H,2,12H2,1H3,(H,25,30)/t17-,18-,20+/m0/s1. The Balaban J connectivity index is 1.59. The average Bonchev–Trinajstić information content (AvgIpc) is 3.33. The van der Waals surface area contributed by atoms with Crippen molar-refractivity contribution in [1.29, 1.82) is 0 Å². The minimum atomic E-state index is -0.732. The number of hydrogen-bond donors (Lipinski definition) is 1. The van der Waals surface area contributed by atoms with Crippen LogP contribution in [0.25, 0.3) is 0 Å². The van der Waals surface area contributed by atoms with Gasteiger partial charge in [-0.3, -0.25) is 14.4 Å². The van der Waals surface area contributed by atoms with E-state index in [0.29, 0.717) is 26.9 Å². The van der Waals surface area contributed by atoms with Crippen molar-refractivity contribution in [2.24, 2.45) is 5.92 Å². The van der Waals surface area contributed by atoms with Gasteiger partial charge in [0.05, 0.1) is 23.2 Å². The molecule has 2 aliphatic heterocycles. The van der Waals surface area contributed by atoms with Crippen LogP contribution in [0, 0.1) is 5.92 Å². The number of para-hydroxylation sites is 2. The monoisotopic (exact) mass is 496 g/mol. The van der Waals surface area contributed by atoms with Gasteiger partial charge in [0, 0.05) is 16.4 Å². The summed E-state index contributed by atoms with van der Waals surface area (Å²) in [6, 6.07) is 15.9. The van der Waals surface area contributed by atoms with E-state index in [1.54, 1.807) is 55.5 Å². The van der Waals surface area contributed by atoms with Crippen molar-refractivity contribution in [3.05, 3.63) is 74.7 Å². The second-order valence-electron chi connectivity index (χ2n) is 7.73. The zero-order valence-electron chi connectivity index (χ0n) is 18.1. The van der Waals surface area contributed by atoms with Crippen LogP contribution in [0.4, 0.5) is 5.69 Å². The normalized spacial score (nSPS) is 21.2. The van der Waals surface area contributed by atoms with Gasteiger partial charge in [-0.1, -0.05) is 59.5 Å². The number of nitrogens with one attached hydrogen (secondary N) is 1. The van der Waals surface area contributed by atoms with E-state index in [2.05, 4.69) is 4.98 Å². The molecule has 8 nitrogen and oxygen atoms in total. The van der Waals surface area contributed by atoms with Crippen molar-refractivity contribution in [3.63, 3.8) is 0 Å². The molecule has 2 amide bonds. The van der Waals surface area contributed by atoms with Gasteiger partial charge in [-0.25, -0.2) is 9.69 Å². The number of carbonyl (C=O) groups is 3. The number of esters is 1. The van der Waals surface area contributed by atoms with E-state index < -0.39 is 23.1 Å². The number of aromatic nitrogens is 1. The van der Waals surface area contributed by atoms with Crippen LogP contribution >= 0.6 is 23.1 Å². The minimum Gasteiger partial charge on any atom is -0.482 e. The van der Waals surface area contributed by atoms with Crippen molar-refractivity contribution in [1.82, 2.24) is 4.98 Å². The lowest BCUT2D eigenvalue weighted by Gasteiger charge is -2.30. The third-order valence-electron chi connectivity index (χ3n) is 5.74. The van der Waals surface area contributed by atoms with Gasteiger partial charge in [0.15, 0.2) is 6.61 Å². The van der Waals surface area contributed by atoms with Gasteiger partial charge in [-0.2, -0.15) is 0 Å². The molecule has 34 heavy (non-hydrogen) atoms. The van der Waals surface area contributed by atoms with Crippen LogP contribution in [0.5, 0.6) is 5.75 Å². The zero-order valence-corrected chi connectivity index (χ0v) is 19.7. The summed E-state index contributed by atoms with van der Waals surface area (Å²) in [6.45, 7) is 1.65. The summed E-state index contributed by atoms with van der Waals surface area (Å²) in [4.78, 5) is 55.7. The Kier molecular flexibility index (Phi) is 6.01. The van der Waals surface area contributed by atoms with E-state index in [9.17, 15) is 19.2 Å². The van der Waals surface area contributed by atoms with E-state index in [-0.39, 0.29) is 29.9 Å². The number of thiazole rings is 1. The maximum absolute atomic E-state index is 13.7. The van der Waals surface area contributed by atoms with Gasteiger partial charge in [-0.15, -0.1) is 0 Å². The Bertz CT molecular complexity index is 1320. The number of nitrogens with zero attached hydrogens (tertiary/aromatic N) is 1. The maximum atomic E-state index is 13.7. The van der Waals surface area contributed by atoms with Gasteiger partial charge >= 0.3 is 10.8 Å². The number of hydrogen-bond acceptors (Lipinski definition) is 8. The van der Waals surface area contributed by atoms with E-state index >= 15 is 0 Å². The molecule has 174 valence electrons. The highest BCUT2D eigenvalue weighted by molar-refractivity contribution is 8.00. The summed E-state index contributed by atoms with van der Waals surface area (Å²) in [7, 11) is 0. The summed E-state index contributed by atoms with van der Waals surface area (Å²) in [6.07, 6.45) is 0. The molecule has 0 unspecified atom stereocenters. The Morgan fingerprint density at radius 2 is 1.76 bits per heavy atom. The molecule has 5 rings (SSSR count). The highest BCUT2D eigenvalue weighted by atomic mass is 32.2. The van der Waals surface area contributed by atoms with Crippen molar-refractivity contribution in [2.75, 3.05) is 18.1 Å². The second kappa shape index (κ2) is 9.11. The highest BCUT2D eigenvalue weighted by Crippen LogP contribution is 2.54. The third-order valence-corrected chi connectivity index (χ3v) is 8.14. The van der Waals surface area contributed by atoms with Crippen LogP contribution in [0.3, 0.4) is 0 Å². The van der Waals surface area contributed by atoms with Gasteiger partial charge < -0.3 is 14.5 Å². The fourth-order valence-corrected chi connectivity index (χ4v) is 6.90. The maximum Gasteiger partial charge on any atom is 0.344 e. The number of rotatable bonds is 6. The smallest absolute Gasteiger partial charge is 0.344 e. The van der Waals surface area contributed by atoms with E-state index in [0.717, 1.165) is 11.3 Å². The number of imide groups is 1. The van der Waals surface area contributed by atoms with Gasteiger partial charge in [0.1, 0.15) is 11.0 Å². The Morgan fingerprint density at radius 1 is 1.03 bits per heavy atom. The zero-order chi connectivity index (χ0) is 23.8. The van der Waals surface area contributed by atoms with Crippen molar-refractivity contribution in [3.8, 4) is 5.75 Å².